The number of rotatable bonds is 6. The Labute approximate surface area is 156 Å². The van der Waals surface area contributed by atoms with Crippen LogP contribution in [0.15, 0.2) is 42.5 Å². The maximum Gasteiger partial charge on any atom is 0.337 e. The summed E-state index contributed by atoms with van der Waals surface area (Å²) in [6.07, 6.45) is 0. The normalized spacial score (nSPS) is 10.8. The van der Waals surface area contributed by atoms with Gasteiger partial charge in [-0.3, -0.25) is 4.79 Å². The van der Waals surface area contributed by atoms with Crippen LogP contribution in [0.1, 0.15) is 35.7 Å². The van der Waals surface area contributed by atoms with Crippen molar-refractivity contribution < 1.29 is 19.2 Å². The molecule has 0 radical (unpaired) electrons. The highest BCUT2D eigenvalue weighted by atomic mass is 16.7. The fourth-order valence-corrected chi connectivity index (χ4v) is 2.51. The molecular formula is C19H20N4O4. The zero-order chi connectivity index (χ0) is 19.4. The van der Waals surface area contributed by atoms with Gasteiger partial charge in [0.15, 0.2) is 6.61 Å². The molecule has 0 atom stereocenters. The van der Waals surface area contributed by atoms with Crippen LogP contribution in [-0.4, -0.2) is 40.8 Å². The summed E-state index contributed by atoms with van der Waals surface area (Å²) in [4.78, 5) is 30.3. The molecule has 0 spiro atoms. The SMILES string of the molecule is COC(=O)c1ccc2nnn(OCC(=O)Nc3ccc(C(C)C)cc3)c2c1. The van der Waals surface area contributed by atoms with Crippen molar-refractivity contribution in [1.82, 2.24) is 15.2 Å². The van der Waals surface area contributed by atoms with Gasteiger partial charge in [-0.15, -0.1) is 5.10 Å². The second kappa shape index (κ2) is 7.86. The second-order valence-corrected chi connectivity index (χ2v) is 6.26. The van der Waals surface area contributed by atoms with E-state index in [-0.39, 0.29) is 12.5 Å². The number of nitrogens with one attached hydrogen (secondary N) is 1. The van der Waals surface area contributed by atoms with Crippen LogP contribution in [0, 0.1) is 0 Å². The highest BCUT2D eigenvalue weighted by Crippen LogP contribution is 2.17. The molecule has 0 fully saturated rings. The number of aromatic nitrogens is 3. The van der Waals surface area contributed by atoms with Gasteiger partial charge in [0.05, 0.1) is 12.7 Å². The molecule has 0 saturated carbocycles. The third kappa shape index (κ3) is 4.22. The molecule has 8 heteroatoms. The number of hydrogen-bond acceptors (Lipinski definition) is 6. The quantitative estimate of drug-likeness (QED) is 0.672. The van der Waals surface area contributed by atoms with E-state index >= 15 is 0 Å². The Morgan fingerprint density at radius 2 is 1.89 bits per heavy atom. The topological polar surface area (TPSA) is 95.3 Å². The molecule has 3 rings (SSSR count). The molecule has 0 aliphatic rings. The molecule has 1 aromatic heterocycles. The maximum atomic E-state index is 12.1. The van der Waals surface area contributed by atoms with Gasteiger partial charge in [-0.05, 0) is 47.0 Å². The average molecular weight is 368 g/mol. The minimum atomic E-state index is -0.479. The van der Waals surface area contributed by atoms with Gasteiger partial charge in [-0.25, -0.2) is 4.79 Å². The summed E-state index contributed by atoms with van der Waals surface area (Å²) in [7, 11) is 1.30. The Kier molecular flexibility index (Phi) is 5.35. The molecule has 1 amide bonds. The van der Waals surface area contributed by atoms with E-state index in [1.54, 1.807) is 18.2 Å². The second-order valence-electron chi connectivity index (χ2n) is 6.26. The van der Waals surface area contributed by atoms with E-state index in [1.165, 1.54) is 12.7 Å². The standard InChI is InChI=1S/C19H20N4O4/c1-12(2)13-4-7-15(8-5-13)20-18(24)11-27-23-17-10-14(19(25)26-3)6-9-16(17)21-22-23/h4-10,12H,11H2,1-3H3,(H,20,24). The van der Waals surface area contributed by atoms with Crippen molar-refractivity contribution in [3.8, 4) is 0 Å². The minimum absolute atomic E-state index is 0.257. The van der Waals surface area contributed by atoms with Gasteiger partial charge >= 0.3 is 5.97 Å². The Balaban J connectivity index is 1.65. The smallest absolute Gasteiger partial charge is 0.337 e. The average Bonchev–Trinajstić information content (AvgIpc) is 3.08. The number of ether oxygens (including phenoxy) is 1. The van der Waals surface area contributed by atoms with Crippen molar-refractivity contribution in [2.24, 2.45) is 0 Å². The summed E-state index contributed by atoms with van der Waals surface area (Å²) in [6, 6.07) is 12.4. The lowest BCUT2D eigenvalue weighted by Crippen LogP contribution is -2.26. The lowest BCUT2D eigenvalue weighted by atomic mass is 10.0. The number of benzene rings is 2. The number of nitrogens with zero attached hydrogens (tertiary/aromatic N) is 3. The maximum absolute atomic E-state index is 12.1. The molecular weight excluding hydrogens is 348 g/mol. The Bertz CT molecular complexity index is 964. The lowest BCUT2D eigenvalue weighted by Gasteiger charge is -2.09. The summed E-state index contributed by atoms with van der Waals surface area (Å²) >= 11 is 0. The number of hydrogen-bond donors (Lipinski definition) is 1. The molecule has 0 aliphatic heterocycles. The first-order valence-corrected chi connectivity index (χ1v) is 8.45. The third-order valence-electron chi connectivity index (χ3n) is 4.02. The Morgan fingerprint density at radius 3 is 2.56 bits per heavy atom. The van der Waals surface area contributed by atoms with E-state index in [2.05, 4.69) is 29.5 Å². The Hall–Kier alpha value is -3.42. The van der Waals surface area contributed by atoms with Crippen LogP contribution < -0.4 is 10.2 Å². The van der Waals surface area contributed by atoms with Crippen LogP contribution in [0.4, 0.5) is 5.69 Å². The highest BCUT2D eigenvalue weighted by Gasteiger charge is 2.12. The van der Waals surface area contributed by atoms with Gasteiger partial charge in [0, 0.05) is 5.69 Å². The molecule has 27 heavy (non-hydrogen) atoms. The van der Waals surface area contributed by atoms with Crippen molar-refractivity contribution in [3.05, 3.63) is 53.6 Å². The number of anilines is 1. The molecule has 2 aromatic carbocycles. The molecule has 0 aliphatic carbocycles. The molecule has 8 nitrogen and oxygen atoms in total. The molecule has 1 N–H and O–H groups in total. The molecule has 0 saturated heterocycles. The number of esters is 1. The summed E-state index contributed by atoms with van der Waals surface area (Å²) in [5.41, 5.74) is 3.22. The zero-order valence-electron chi connectivity index (χ0n) is 15.3. The van der Waals surface area contributed by atoms with Crippen LogP contribution in [0.5, 0.6) is 0 Å². The van der Waals surface area contributed by atoms with E-state index in [0.29, 0.717) is 28.2 Å². The van der Waals surface area contributed by atoms with Gasteiger partial charge in [0.1, 0.15) is 11.0 Å². The molecule has 1 heterocycles. The lowest BCUT2D eigenvalue weighted by molar-refractivity contribution is -0.121. The first-order chi connectivity index (χ1) is 13.0. The summed E-state index contributed by atoms with van der Waals surface area (Å²) in [5, 5.41) is 10.5. The van der Waals surface area contributed by atoms with Crippen molar-refractivity contribution >= 4 is 28.6 Å². The van der Waals surface area contributed by atoms with Gasteiger partial charge in [-0.2, -0.15) is 0 Å². The van der Waals surface area contributed by atoms with Crippen molar-refractivity contribution in [2.45, 2.75) is 19.8 Å². The van der Waals surface area contributed by atoms with Gasteiger partial charge in [0.2, 0.25) is 0 Å². The summed E-state index contributed by atoms with van der Waals surface area (Å²) in [6.45, 7) is 3.96. The van der Waals surface area contributed by atoms with Crippen LogP contribution in [-0.2, 0) is 9.53 Å². The minimum Gasteiger partial charge on any atom is -0.465 e. The van der Waals surface area contributed by atoms with E-state index < -0.39 is 5.97 Å². The van der Waals surface area contributed by atoms with Gasteiger partial charge in [-0.1, -0.05) is 30.8 Å². The number of amides is 1. The van der Waals surface area contributed by atoms with Gasteiger partial charge in [0.25, 0.3) is 5.91 Å². The zero-order valence-corrected chi connectivity index (χ0v) is 15.3. The van der Waals surface area contributed by atoms with Crippen LogP contribution >= 0.6 is 0 Å². The largest absolute Gasteiger partial charge is 0.465 e. The number of methoxy groups -OCH3 is 1. The summed E-state index contributed by atoms with van der Waals surface area (Å²) < 4.78 is 4.70. The van der Waals surface area contributed by atoms with Crippen LogP contribution in [0.25, 0.3) is 11.0 Å². The monoisotopic (exact) mass is 368 g/mol. The van der Waals surface area contributed by atoms with E-state index in [9.17, 15) is 9.59 Å². The van der Waals surface area contributed by atoms with Crippen molar-refractivity contribution in [2.75, 3.05) is 19.0 Å². The molecule has 140 valence electrons. The van der Waals surface area contributed by atoms with E-state index in [4.69, 9.17) is 9.57 Å². The molecule has 3 aromatic rings. The first-order valence-electron chi connectivity index (χ1n) is 8.45. The number of carbonyl (C=O) groups is 2. The predicted molar refractivity (Wildman–Crippen MR) is 99.5 cm³/mol. The molecule has 0 unspecified atom stereocenters. The van der Waals surface area contributed by atoms with E-state index in [0.717, 1.165) is 4.85 Å². The highest BCUT2D eigenvalue weighted by molar-refractivity contribution is 5.93. The van der Waals surface area contributed by atoms with Crippen molar-refractivity contribution in [3.63, 3.8) is 0 Å². The number of fused-ring (bicyclic) bond motifs is 1. The van der Waals surface area contributed by atoms with Crippen LogP contribution in [0.2, 0.25) is 0 Å². The molecule has 0 bridgehead atoms. The predicted octanol–water partition coefficient (Wildman–Crippen LogP) is 2.41. The van der Waals surface area contributed by atoms with Crippen LogP contribution in [0.3, 0.4) is 0 Å². The number of carbonyl (C=O) groups excluding carboxylic acids is 2. The first kappa shape index (κ1) is 18.4. The Morgan fingerprint density at radius 1 is 1.15 bits per heavy atom. The van der Waals surface area contributed by atoms with E-state index in [1.807, 2.05) is 24.3 Å². The van der Waals surface area contributed by atoms with Crippen molar-refractivity contribution in [1.29, 1.82) is 0 Å². The fraction of sp³-hybridized carbons (Fsp3) is 0.263. The third-order valence-corrected chi connectivity index (χ3v) is 4.02. The van der Waals surface area contributed by atoms with Gasteiger partial charge < -0.3 is 14.9 Å². The summed E-state index contributed by atoms with van der Waals surface area (Å²) in [5.74, 6) is -0.388. The fourth-order valence-electron chi connectivity index (χ4n) is 2.51.